The lowest BCUT2D eigenvalue weighted by atomic mass is 10.1. The van der Waals surface area contributed by atoms with Gasteiger partial charge in [0.1, 0.15) is 5.82 Å². The summed E-state index contributed by atoms with van der Waals surface area (Å²) >= 11 is 1.40. The molecule has 0 saturated carbocycles. The van der Waals surface area contributed by atoms with Crippen molar-refractivity contribution in [2.45, 2.75) is 19.8 Å². The van der Waals surface area contributed by atoms with Crippen LogP contribution < -0.4 is 5.32 Å². The summed E-state index contributed by atoms with van der Waals surface area (Å²) in [5.41, 5.74) is 5.14. The third-order valence-electron chi connectivity index (χ3n) is 4.87. The van der Waals surface area contributed by atoms with Crippen LogP contribution in [0.4, 0.5) is 21.5 Å². The maximum atomic E-state index is 13.4. The number of hydrogen-bond acceptors (Lipinski definition) is 4. The number of thioether (sulfide) groups is 1. The molecule has 3 aromatic carbocycles. The molecule has 0 unspecified atom stereocenters. The fourth-order valence-corrected chi connectivity index (χ4v) is 4.03. The van der Waals surface area contributed by atoms with E-state index in [0.717, 1.165) is 39.8 Å². The highest BCUT2D eigenvalue weighted by atomic mass is 32.2. The number of hydrogen-bond donors (Lipinski definition) is 1. The molecule has 0 radical (unpaired) electrons. The van der Waals surface area contributed by atoms with Gasteiger partial charge in [-0.05, 0) is 53.9 Å². The third kappa shape index (κ3) is 5.47. The first-order valence-electron chi connectivity index (χ1n) is 10.1. The molecule has 0 saturated heterocycles. The van der Waals surface area contributed by atoms with Gasteiger partial charge < -0.3 is 5.32 Å². The number of benzene rings is 3. The van der Waals surface area contributed by atoms with E-state index in [-0.39, 0.29) is 17.5 Å². The van der Waals surface area contributed by atoms with Crippen LogP contribution in [0.25, 0.3) is 0 Å². The van der Waals surface area contributed by atoms with Crippen LogP contribution in [-0.2, 0) is 11.2 Å². The molecule has 1 aliphatic heterocycles. The normalized spacial score (nSPS) is 13.0. The van der Waals surface area contributed by atoms with Gasteiger partial charge in [-0.15, -0.1) is 11.8 Å². The molecule has 4 nitrogen and oxygen atoms in total. The van der Waals surface area contributed by atoms with Gasteiger partial charge in [0.2, 0.25) is 5.91 Å². The molecule has 31 heavy (non-hydrogen) atoms. The maximum Gasteiger partial charge on any atom is 0.234 e. The van der Waals surface area contributed by atoms with Gasteiger partial charge in [0.25, 0.3) is 0 Å². The maximum absolute atomic E-state index is 13.4. The van der Waals surface area contributed by atoms with Crippen molar-refractivity contribution in [2.75, 3.05) is 11.1 Å². The predicted molar refractivity (Wildman–Crippen MR) is 128 cm³/mol. The van der Waals surface area contributed by atoms with Gasteiger partial charge in [0.05, 0.1) is 27.9 Å². The van der Waals surface area contributed by atoms with Crippen molar-refractivity contribution in [3.8, 4) is 0 Å². The summed E-state index contributed by atoms with van der Waals surface area (Å²) in [6.45, 7) is 2.08. The molecule has 1 N–H and O–H groups in total. The average Bonchev–Trinajstić information content (AvgIpc) is 2.97. The Morgan fingerprint density at radius 3 is 2.48 bits per heavy atom. The first-order valence-corrected chi connectivity index (χ1v) is 11.1. The van der Waals surface area contributed by atoms with Crippen molar-refractivity contribution in [1.82, 2.24) is 0 Å². The number of fused-ring (bicyclic) bond motifs is 1. The zero-order chi connectivity index (χ0) is 21.6. The number of carbonyl (C=O) groups is 1. The Morgan fingerprint density at radius 1 is 1.00 bits per heavy atom. The van der Waals surface area contributed by atoms with Gasteiger partial charge in [-0.3, -0.25) is 9.79 Å². The molecule has 3 aromatic rings. The minimum absolute atomic E-state index is 0.0845. The lowest BCUT2D eigenvalue weighted by molar-refractivity contribution is -0.113. The molecular formula is C25H22FN3OS. The fourth-order valence-electron chi connectivity index (χ4n) is 3.26. The van der Waals surface area contributed by atoms with E-state index in [1.54, 1.807) is 12.1 Å². The quantitative estimate of drug-likeness (QED) is 0.514. The van der Waals surface area contributed by atoms with E-state index >= 15 is 0 Å². The second-order valence-electron chi connectivity index (χ2n) is 7.13. The number of aliphatic imine (C=N–C) groups is 2. The van der Waals surface area contributed by atoms with Crippen LogP contribution in [-0.4, -0.2) is 22.4 Å². The first-order chi connectivity index (χ1) is 15.1. The van der Waals surface area contributed by atoms with Crippen molar-refractivity contribution in [3.63, 3.8) is 0 Å². The summed E-state index contributed by atoms with van der Waals surface area (Å²) in [6, 6.07) is 21.8. The minimum Gasteiger partial charge on any atom is -0.325 e. The Hall–Kier alpha value is -3.25. The third-order valence-corrected chi connectivity index (χ3v) is 5.84. The van der Waals surface area contributed by atoms with E-state index in [1.807, 2.05) is 48.5 Å². The molecule has 0 bridgehead atoms. The molecule has 0 aliphatic carbocycles. The standard InChI is InChI=1S/C25H22FN3OS/c1-2-17-6-5-7-20(14-17)27-24(30)16-31-25-15-23(18-10-12-19(26)13-11-18)28-21-8-3-4-9-22(21)29-25/h3-14H,2,15-16H2,1H3,(H,27,30). The summed E-state index contributed by atoms with van der Waals surface area (Å²) in [5, 5.41) is 3.75. The van der Waals surface area contributed by atoms with E-state index in [0.29, 0.717) is 6.42 Å². The molecular weight excluding hydrogens is 409 g/mol. The number of nitrogens with one attached hydrogen (secondary N) is 1. The van der Waals surface area contributed by atoms with Crippen LogP contribution in [0.2, 0.25) is 0 Å². The second kappa shape index (κ2) is 9.71. The van der Waals surface area contributed by atoms with E-state index in [4.69, 9.17) is 9.98 Å². The zero-order valence-corrected chi connectivity index (χ0v) is 18.0. The van der Waals surface area contributed by atoms with E-state index < -0.39 is 0 Å². The lowest BCUT2D eigenvalue weighted by Crippen LogP contribution is -2.16. The number of rotatable bonds is 5. The highest BCUT2D eigenvalue weighted by Gasteiger charge is 2.17. The number of halogens is 1. The number of amides is 1. The summed E-state index contributed by atoms with van der Waals surface area (Å²) in [5.74, 6) is -0.127. The van der Waals surface area contributed by atoms with Crippen molar-refractivity contribution in [2.24, 2.45) is 9.98 Å². The summed E-state index contributed by atoms with van der Waals surface area (Å²) in [6.07, 6.45) is 1.39. The number of nitrogens with zero attached hydrogens (tertiary/aromatic N) is 2. The molecule has 1 amide bonds. The van der Waals surface area contributed by atoms with E-state index in [9.17, 15) is 9.18 Å². The topological polar surface area (TPSA) is 53.8 Å². The van der Waals surface area contributed by atoms with Crippen LogP contribution in [0.15, 0.2) is 82.8 Å². The largest absolute Gasteiger partial charge is 0.325 e. The number of aryl methyl sites for hydroxylation is 1. The molecule has 0 spiro atoms. The van der Waals surface area contributed by atoms with Crippen LogP contribution in [0.5, 0.6) is 0 Å². The molecule has 0 fully saturated rings. The first kappa shape index (κ1) is 21.0. The van der Waals surface area contributed by atoms with Crippen molar-refractivity contribution >= 4 is 45.5 Å². The Bertz CT molecular complexity index is 1160. The van der Waals surface area contributed by atoms with Crippen molar-refractivity contribution < 1.29 is 9.18 Å². The van der Waals surface area contributed by atoms with Crippen LogP contribution in [0.1, 0.15) is 24.5 Å². The molecule has 1 heterocycles. The van der Waals surface area contributed by atoms with Gasteiger partial charge in [-0.25, -0.2) is 9.38 Å². The Morgan fingerprint density at radius 2 is 1.74 bits per heavy atom. The summed E-state index contributed by atoms with van der Waals surface area (Å²) < 4.78 is 13.4. The average molecular weight is 432 g/mol. The smallest absolute Gasteiger partial charge is 0.234 e. The molecule has 1 aliphatic rings. The van der Waals surface area contributed by atoms with Gasteiger partial charge in [0, 0.05) is 12.1 Å². The van der Waals surface area contributed by atoms with E-state index in [1.165, 1.54) is 29.5 Å². The van der Waals surface area contributed by atoms with Crippen LogP contribution in [0.3, 0.4) is 0 Å². The zero-order valence-electron chi connectivity index (χ0n) is 17.1. The second-order valence-corrected chi connectivity index (χ2v) is 8.18. The minimum atomic E-state index is -0.287. The summed E-state index contributed by atoms with van der Waals surface area (Å²) in [4.78, 5) is 22.0. The van der Waals surface area contributed by atoms with Gasteiger partial charge in [0.15, 0.2) is 0 Å². The van der Waals surface area contributed by atoms with Gasteiger partial charge in [-0.1, -0.05) is 43.3 Å². The number of anilines is 1. The fraction of sp³-hybridized carbons (Fsp3) is 0.160. The van der Waals surface area contributed by atoms with Crippen molar-refractivity contribution in [1.29, 1.82) is 0 Å². The molecule has 156 valence electrons. The van der Waals surface area contributed by atoms with Gasteiger partial charge >= 0.3 is 0 Å². The van der Waals surface area contributed by atoms with Crippen LogP contribution >= 0.6 is 11.8 Å². The molecule has 0 atom stereocenters. The Labute approximate surface area is 185 Å². The van der Waals surface area contributed by atoms with Crippen molar-refractivity contribution in [3.05, 3.63) is 89.7 Å². The lowest BCUT2D eigenvalue weighted by Gasteiger charge is -2.09. The highest BCUT2D eigenvalue weighted by molar-refractivity contribution is 8.14. The molecule has 6 heteroatoms. The van der Waals surface area contributed by atoms with Crippen LogP contribution in [0, 0.1) is 5.82 Å². The Kier molecular flexibility index (Phi) is 6.57. The SMILES string of the molecule is CCc1cccc(NC(=O)CSC2=Nc3ccccc3N=C(c3ccc(F)cc3)C2)c1. The predicted octanol–water partition coefficient (Wildman–Crippen LogP) is 6.31. The van der Waals surface area contributed by atoms with E-state index in [2.05, 4.69) is 12.2 Å². The highest BCUT2D eigenvalue weighted by Crippen LogP contribution is 2.33. The molecule has 0 aromatic heterocycles. The number of carbonyl (C=O) groups excluding carboxylic acids is 1. The summed E-state index contributed by atoms with van der Waals surface area (Å²) in [7, 11) is 0. The molecule has 4 rings (SSSR count). The monoisotopic (exact) mass is 431 g/mol. The Balaban J connectivity index is 1.51. The number of para-hydroxylation sites is 2. The van der Waals surface area contributed by atoms with Gasteiger partial charge in [-0.2, -0.15) is 0 Å².